The van der Waals surface area contributed by atoms with Crippen molar-refractivity contribution in [3.8, 4) is 11.5 Å². The van der Waals surface area contributed by atoms with Crippen LogP contribution in [-0.2, 0) is 11.2 Å². The van der Waals surface area contributed by atoms with Crippen LogP contribution >= 0.6 is 0 Å². The summed E-state index contributed by atoms with van der Waals surface area (Å²) in [5.41, 5.74) is 3.99. The Hall–Kier alpha value is -4.68. The molecule has 1 saturated heterocycles. The predicted molar refractivity (Wildman–Crippen MR) is 154 cm³/mol. The normalized spacial score (nSPS) is 13.1. The molecule has 0 spiro atoms. The molecule has 0 saturated carbocycles. The Kier molecular flexibility index (Phi) is 8.69. The maximum Gasteiger partial charge on any atom is 0.229 e. The van der Waals surface area contributed by atoms with Gasteiger partial charge in [0.1, 0.15) is 17.3 Å². The summed E-state index contributed by atoms with van der Waals surface area (Å²) in [7, 11) is 0. The van der Waals surface area contributed by atoms with Gasteiger partial charge in [-0.15, -0.1) is 0 Å². The van der Waals surface area contributed by atoms with E-state index < -0.39 is 0 Å². The van der Waals surface area contributed by atoms with E-state index in [-0.39, 0.29) is 25.5 Å². The lowest BCUT2D eigenvalue weighted by atomic mass is 10.2. The van der Waals surface area contributed by atoms with Gasteiger partial charge in [-0.25, -0.2) is 19.9 Å². The molecule has 5 N–H and O–H groups in total. The number of anilines is 5. The number of amides is 1. The Bertz CT molecular complexity index is 1440. The molecule has 4 heterocycles. The second-order valence-electron chi connectivity index (χ2n) is 9.28. The van der Waals surface area contributed by atoms with Crippen molar-refractivity contribution in [3.05, 3.63) is 72.2 Å². The highest BCUT2D eigenvalue weighted by molar-refractivity contribution is 5.78. The van der Waals surface area contributed by atoms with E-state index in [1.807, 2.05) is 37.3 Å². The summed E-state index contributed by atoms with van der Waals surface area (Å²) in [4.78, 5) is 37.3. The van der Waals surface area contributed by atoms with Crippen molar-refractivity contribution in [2.24, 2.45) is 0 Å². The Balaban J connectivity index is 1.33. The number of carbonyl (C=O) groups is 1. The molecule has 3 aromatic heterocycles. The van der Waals surface area contributed by atoms with Gasteiger partial charge in [-0.3, -0.25) is 4.79 Å². The number of carbonyl (C=O) groups excluding carboxylic acids is 1. The molecular formula is C28H32N10O2. The zero-order valence-electron chi connectivity index (χ0n) is 22.3. The fraction of sp³-hybridized carbons (Fsp3) is 0.286. The quantitative estimate of drug-likeness (QED) is 0.201. The van der Waals surface area contributed by atoms with Crippen LogP contribution in [0.2, 0.25) is 0 Å². The number of benzene rings is 1. The predicted octanol–water partition coefficient (Wildman–Crippen LogP) is 2.18. The van der Waals surface area contributed by atoms with E-state index in [1.54, 1.807) is 18.3 Å². The van der Waals surface area contributed by atoms with Crippen LogP contribution in [-0.4, -0.2) is 75.3 Å². The van der Waals surface area contributed by atoms with Crippen molar-refractivity contribution >= 4 is 34.9 Å². The van der Waals surface area contributed by atoms with Crippen molar-refractivity contribution in [2.45, 2.75) is 13.3 Å². The molecule has 1 aliphatic rings. The molecule has 5 rings (SSSR count). The van der Waals surface area contributed by atoms with E-state index >= 15 is 0 Å². The highest BCUT2D eigenvalue weighted by Crippen LogP contribution is 2.23. The highest BCUT2D eigenvalue weighted by Gasteiger charge is 2.13. The van der Waals surface area contributed by atoms with Crippen molar-refractivity contribution in [1.82, 2.24) is 35.6 Å². The Labute approximate surface area is 232 Å². The third-order valence-electron chi connectivity index (χ3n) is 6.19. The van der Waals surface area contributed by atoms with Gasteiger partial charge >= 0.3 is 0 Å². The van der Waals surface area contributed by atoms with Crippen LogP contribution in [0.1, 0.15) is 11.4 Å². The molecule has 1 aromatic carbocycles. The second kappa shape index (κ2) is 12.9. The van der Waals surface area contributed by atoms with Crippen LogP contribution in [0.3, 0.4) is 0 Å². The molecule has 206 valence electrons. The van der Waals surface area contributed by atoms with Crippen LogP contribution in [0, 0.1) is 6.92 Å². The van der Waals surface area contributed by atoms with Gasteiger partial charge in [0.25, 0.3) is 0 Å². The number of nitrogens with zero attached hydrogens (tertiary/aromatic N) is 6. The summed E-state index contributed by atoms with van der Waals surface area (Å²) in [5, 5.41) is 21.5. The number of aromatic nitrogens is 5. The molecule has 12 heteroatoms. The van der Waals surface area contributed by atoms with Crippen LogP contribution in [0.4, 0.5) is 29.0 Å². The fourth-order valence-corrected chi connectivity index (χ4v) is 4.28. The van der Waals surface area contributed by atoms with Gasteiger partial charge < -0.3 is 31.3 Å². The van der Waals surface area contributed by atoms with Crippen molar-refractivity contribution < 1.29 is 9.90 Å². The first kappa shape index (κ1) is 26.9. The topological polar surface area (TPSA) is 153 Å². The van der Waals surface area contributed by atoms with E-state index in [0.717, 1.165) is 37.6 Å². The van der Waals surface area contributed by atoms with Crippen molar-refractivity contribution in [3.63, 3.8) is 0 Å². The van der Waals surface area contributed by atoms with Gasteiger partial charge in [-0.2, -0.15) is 4.98 Å². The van der Waals surface area contributed by atoms with Crippen LogP contribution in [0.5, 0.6) is 0 Å². The molecule has 1 fully saturated rings. The van der Waals surface area contributed by atoms with Gasteiger partial charge in [0.15, 0.2) is 5.82 Å². The molecule has 4 aromatic rings. The van der Waals surface area contributed by atoms with Gasteiger partial charge in [0.05, 0.1) is 18.7 Å². The maximum atomic E-state index is 12.3. The Morgan fingerprint density at radius 1 is 0.975 bits per heavy atom. The molecule has 0 aliphatic carbocycles. The van der Waals surface area contributed by atoms with Gasteiger partial charge in [-0.1, -0.05) is 6.07 Å². The maximum absolute atomic E-state index is 12.3. The zero-order valence-corrected chi connectivity index (χ0v) is 22.3. The summed E-state index contributed by atoms with van der Waals surface area (Å²) >= 11 is 0. The van der Waals surface area contributed by atoms with Gasteiger partial charge in [0, 0.05) is 62.1 Å². The zero-order chi connectivity index (χ0) is 27.7. The third-order valence-corrected chi connectivity index (χ3v) is 6.19. The van der Waals surface area contributed by atoms with E-state index in [1.165, 1.54) is 5.69 Å². The lowest BCUT2D eigenvalue weighted by Crippen LogP contribution is -2.43. The molecule has 1 amide bonds. The molecule has 0 unspecified atom stereocenters. The standard InChI is InChI=1S/C28H32N10O2/c1-19-3-2-4-23(32-19)27-33-21(18-26(40)30-13-16-39)17-25(36-27)35-24-9-10-31-28(37-24)34-20-5-7-22(8-6-20)38-14-11-29-12-15-38/h2-10,17,29,39H,11-16,18H2,1H3,(H,30,40)(H2,31,33,34,35,36,37). The number of nitrogens with one attached hydrogen (secondary N) is 4. The summed E-state index contributed by atoms with van der Waals surface area (Å²) in [5.74, 6) is 1.54. The molecule has 0 atom stereocenters. The summed E-state index contributed by atoms with van der Waals surface area (Å²) in [6.07, 6.45) is 1.68. The monoisotopic (exact) mass is 540 g/mol. The van der Waals surface area contributed by atoms with Crippen LogP contribution in [0.25, 0.3) is 11.5 Å². The second-order valence-corrected chi connectivity index (χ2v) is 9.28. The van der Waals surface area contributed by atoms with Crippen molar-refractivity contribution in [1.29, 1.82) is 0 Å². The minimum atomic E-state index is -0.252. The minimum absolute atomic E-state index is 0.0243. The molecule has 0 radical (unpaired) electrons. The number of piperazine rings is 1. The molecule has 1 aliphatic heterocycles. The first-order chi connectivity index (χ1) is 19.6. The number of aliphatic hydroxyl groups is 1. The Morgan fingerprint density at radius 2 is 1.80 bits per heavy atom. The average Bonchev–Trinajstić information content (AvgIpc) is 2.97. The summed E-state index contributed by atoms with van der Waals surface area (Å²) in [6.45, 7) is 5.89. The first-order valence-corrected chi connectivity index (χ1v) is 13.2. The van der Waals surface area contributed by atoms with E-state index in [2.05, 4.69) is 63.2 Å². The minimum Gasteiger partial charge on any atom is -0.395 e. The third kappa shape index (κ3) is 7.24. The van der Waals surface area contributed by atoms with Gasteiger partial charge in [-0.05, 0) is 49.4 Å². The largest absolute Gasteiger partial charge is 0.395 e. The van der Waals surface area contributed by atoms with Crippen LogP contribution < -0.4 is 26.2 Å². The van der Waals surface area contributed by atoms with Crippen LogP contribution in [0.15, 0.2) is 60.8 Å². The smallest absolute Gasteiger partial charge is 0.229 e. The fourth-order valence-electron chi connectivity index (χ4n) is 4.28. The first-order valence-electron chi connectivity index (χ1n) is 13.2. The summed E-state index contributed by atoms with van der Waals surface area (Å²) < 4.78 is 0. The SMILES string of the molecule is Cc1cccc(-c2nc(CC(=O)NCCO)cc(Nc3ccnc(Nc4ccc(N5CCNCC5)cc4)n3)n2)n1. The number of hydrogen-bond donors (Lipinski definition) is 5. The Morgan fingerprint density at radius 3 is 2.58 bits per heavy atom. The number of aliphatic hydroxyl groups excluding tert-OH is 1. The number of pyridine rings is 1. The lowest BCUT2D eigenvalue weighted by molar-refractivity contribution is -0.120. The van der Waals surface area contributed by atoms with E-state index in [9.17, 15) is 4.79 Å². The number of rotatable bonds is 10. The molecule has 12 nitrogen and oxygen atoms in total. The lowest BCUT2D eigenvalue weighted by Gasteiger charge is -2.29. The summed E-state index contributed by atoms with van der Waals surface area (Å²) in [6, 6.07) is 17.2. The molecule has 40 heavy (non-hydrogen) atoms. The molecule has 0 bridgehead atoms. The van der Waals surface area contributed by atoms with E-state index in [4.69, 9.17) is 5.11 Å². The van der Waals surface area contributed by atoms with Crippen molar-refractivity contribution in [2.75, 3.05) is 54.9 Å². The molecular weight excluding hydrogens is 508 g/mol. The highest BCUT2D eigenvalue weighted by atomic mass is 16.3. The van der Waals surface area contributed by atoms with Gasteiger partial charge in [0.2, 0.25) is 11.9 Å². The number of aryl methyl sites for hydroxylation is 1. The average molecular weight is 541 g/mol. The van der Waals surface area contributed by atoms with E-state index in [0.29, 0.717) is 34.8 Å². The number of hydrogen-bond acceptors (Lipinski definition) is 11.